The molecule has 21 heavy (non-hydrogen) atoms. The third-order valence-electron chi connectivity index (χ3n) is 5.11. The zero-order chi connectivity index (χ0) is 15.2. The van der Waals surface area contributed by atoms with Crippen LogP contribution >= 0.6 is 0 Å². The van der Waals surface area contributed by atoms with Gasteiger partial charge in [-0.15, -0.1) is 0 Å². The monoisotopic (exact) mass is 298 g/mol. The van der Waals surface area contributed by atoms with Crippen molar-refractivity contribution in [3.63, 3.8) is 0 Å². The molecule has 0 spiro atoms. The van der Waals surface area contributed by atoms with Gasteiger partial charge in [0.2, 0.25) is 5.91 Å². The number of nitrogens with one attached hydrogen (secondary N) is 1. The molecule has 2 rings (SSSR count). The predicted octanol–water partition coefficient (Wildman–Crippen LogP) is 1.60. The number of nitrogens with two attached hydrogens (primary N) is 1. The van der Waals surface area contributed by atoms with E-state index in [0.717, 1.165) is 26.2 Å². The lowest BCUT2D eigenvalue weighted by atomic mass is 9.82. The molecule has 0 bridgehead atoms. The van der Waals surface area contributed by atoms with Crippen LogP contribution in [-0.2, 0) is 14.3 Å². The maximum Gasteiger partial charge on any atom is 0.240 e. The Morgan fingerprint density at radius 3 is 2.52 bits per heavy atom. The zero-order valence-corrected chi connectivity index (χ0v) is 13.3. The Morgan fingerprint density at radius 1 is 1.24 bits per heavy atom. The van der Waals surface area contributed by atoms with E-state index in [9.17, 15) is 4.79 Å². The number of carbonyl (C=O) groups excluding carboxylic acids is 1. The largest absolute Gasteiger partial charge is 0.382 e. The van der Waals surface area contributed by atoms with E-state index in [-0.39, 0.29) is 11.3 Å². The minimum absolute atomic E-state index is 0.00603. The van der Waals surface area contributed by atoms with Gasteiger partial charge in [0.05, 0.1) is 5.54 Å². The van der Waals surface area contributed by atoms with Crippen molar-refractivity contribution in [3.05, 3.63) is 0 Å². The predicted molar refractivity (Wildman–Crippen MR) is 82.0 cm³/mol. The van der Waals surface area contributed by atoms with E-state index >= 15 is 0 Å². The highest BCUT2D eigenvalue weighted by Crippen LogP contribution is 2.40. The third-order valence-corrected chi connectivity index (χ3v) is 5.11. The van der Waals surface area contributed by atoms with E-state index in [0.29, 0.717) is 26.1 Å². The van der Waals surface area contributed by atoms with Crippen LogP contribution in [0.15, 0.2) is 0 Å². The average molecular weight is 298 g/mol. The third kappa shape index (κ3) is 4.41. The molecule has 1 aliphatic carbocycles. The van der Waals surface area contributed by atoms with Gasteiger partial charge in [-0.2, -0.15) is 0 Å². The van der Waals surface area contributed by atoms with Crippen molar-refractivity contribution < 1.29 is 14.3 Å². The van der Waals surface area contributed by atoms with Crippen molar-refractivity contribution in [3.8, 4) is 0 Å². The van der Waals surface area contributed by atoms with Crippen LogP contribution < -0.4 is 11.1 Å². The molecule has 5 nitrogen and oxygen atoms in total. The molecular formula is C16H30N2O3. The molecule has 1 saturated carbocycles. The Kier molecular flexibility index (Phi) is 6.02. The molecule has 0 radical (unpaired) electrons. The summed E-state index contributed by atoms with van der Waals surface area (Å²) in [4.78, 5) is 12.4. The maximum absolute atomic E-state index is 12.4. The van der Waals surface area contributed by atoms with Gasteiger partial charge in [0.25, 0.3) is 0 Å². The van der Waals surface area contributed by atoms with E-state index in [4.69, 9.17) is 15.2 Å². The minimum Gasteiger partial charge on any atom is -0.382 e. The highest BCUT2D eigenvalue weighted by atomic mass is 16.5. The van der Waals surface area contributed by atoms with Crippen LogP contribution in [0.2, 0.25) is 0 Å². The number of hydrogen-bond donors (Lipinski definition) is 2. The highest BCUT2D eigenvalue weighted by molar-refractivity contribution is 5.86. The summed E-state index contributed by atoms with van der Waals surface area (Å²) in [6, 6.07) is 0. The van der Waals surface area contributed by atoms with Crippen LogP contribution in [-0.4, -0.2) is 44.4 Å². The summed E-state index contributed by atoms with van der Waals surface area (Å²) in [5.41, 5.74) is 5.71. The molecule has 2 fully saturated rings. The summed E-state index contributed by atoms with van der Waals surface area (Å²) in [5, 5.41) is 3.13. The Balaban J connectivity index is 1.84. The molecule has 1 heterocycles. The van der Waals surface area contributed by atoms with Gasteiger partial charge in [-0.1, -0.05) is 12.8 Å². The number of hydrogen-bond acceptors (Lipinski definition) is 4. The van der Waals surface area contributed by atoms with Crippen LogP contribution in [0, 0.1) is 5.41 Å². The summed E-state index contributed by atoms with van der Waals surface area (Å²) in [7, 11) is 0. The fourth-order valence-corrected chi connectivity index (χ4v) is 3.48. The fraction of sp³-hybridized carbons (Fsp3) is 0.938. The normalized spacial score (nSPS) is 23.9. The first-order valence-electron chi connectivity index (χ1n) is 8.33. The summed E-state index contributed by atoms with van der Waals surface area (Å²) >= 11 is 0. The van der Waals surface area contributed by atoms with Crippen molar-refractivity contribution >= 4 is 5.91 Å². The summed E-state index contributed by atoms with van der Waals surface area (Å²) < 4.78 is 10.8. The summed E-state index contributed by atoms with van der Waals surface area (Å²) in [5.74, 6) is -0.00603. The van der Waals surface area contributed by atoms with Crippen LogP contribution in [0.5, 0.6) is 0 Å². The molecule has 2 aliphatic rings. The SMILES string of the molecule is CCOCCC1(CNC(=O)C2(N)CCOCC2)CCCC1. The van der Waals surface area contributed by atoms with Crippen molar-refractivity contribution in [2.75, 3.05) is 33.0 Å². The standard InChI is InChI=1S/C16H30N2O3/c1-2-20-10-7-15(5-3-4-6-15)13-18-14(19)16(17)8-11-21-12-9-16/h2-13,17H2,1H3,(H,18,19). The lowest BCUT2D eigenvalue weighted by Crippen LogP contribution is -2.58. The van der Waals surface area contributed by atoms with Gasteiger partial charge in [0.15, 0.2) is 0 Å². The molecule has 0 atom stereocenters. The smallest absolute Gasteiger partial charge is 0.240 e. The molecule has 1 saturated heterocycles. The van der Waals surface area contributed by atoms with E-state index in [1.54, 1.807) is 0 Å². The maximum atomic E-state index is 12.4. The Bertz CT molecular complexity index is 334. The van der Waals surface area contributed by atoms with Gasteiger partial charge in [-0.3, -0.25) is 4.79 Å². The second-order valence-corrected chi connectivity index (χ2v) is 6.61. The first kappa shape index (κ1) is 16.7. The summed E-state index contributed by atoms with van der Waals surface area (Å²) in [6.45, 7) is 5.46. The molecule has 0 unspecified atom stereocenters. The lowest BCUT2D eigenvalue weighted by Gasteiger charge is -2.35. The molecule has 1 aliphatic heterocycles. The Labute approximate surface area is 127 Å². The van der Waals surface area contributed by atoms with E-state index in [2.05, 4.69) is 5.32 Å². The van der Waals surface area contributed by atoms with Gasteiger partial charge < -0.3 is 20.5 Å². The molecule has 1 amide bonds. The Morgan fingerprint density at radius 2 is 1.90 bits per heavy atom. The molecule has 122 valence electrons. The van der Waals surface area contributed by atoms with Crippen LogP contribution in [0.25, 0.3) is 0 Å². The van der Waals surface area contributed by atoms with Gasteiger partial charge in [0, 0.05) is 33.0 Å². The van der Waals surface area contributed by atoms with Gasteiger partial charge >= 0.3 is 0 Å². The lowest BCUT2D eigenvalue weighted by molar-refractivity contribution is -0.130. The number of amides is 1. The van der Waals surface area contributed by atoms with Crippen molar-refractivity contribution in [1.29, 1.82) is 0 Å². The topological polar surface area (TPSA) is 73.6 Å². The molecule has 0 aromatic rings. The fourth-order valence-electron chi connectivity index (χ4n) is 3.48. The number of ether oxygens (including phenoxy) is 2. The molecule has 0 aromatic carbocycles. The van der Waals surface area contributed by atoms with Crippen LogP contribution in [0.4, 0.5) is 0 Å². The van der Waals surface area contributed by atoms with Gasteiger partial charge in [-0.25, -0.2) is 0 Å². The van der Waals surface area contributed by atoms with Crippen molar-refractivity contribution in [2.45, 2.75) is 57.4 Å². The van der Waals surface area contributed by atoms with Crippen molar-refractivity contribution in [1.82, 2.24) is 5.32 Å². The average Bonchev–Trinajstić information content (AvgIpc) is 2.95. The van der Waals surface area contributed by atoms with E-state index in [1.807, 2.05) is 6.92 Å². The van der Waals surface area contributed by atoms with E-state index < -0.39 is 5.54 Å². The first-order valence-corrected chi connectivity index (χ1v) is 8.33. The van der Waals surface area contributed by atoms with Crippen molar-refractivity contribution in [2.24, 2.45) is 11.1 Å². The highest BCUT2D eigenvalue weighted by Gasteiger charge is 2.39. The molecule has 0 aromatic heterocycles. The minimum atomic E-state index is -0.738. The van der Waals surface area contributed by atoms with Crippen LogP contribution in [0.1, 0.15) is 51.9 Å². The second kappa shape index (κ2) is 7.56. The molecular weight excluding hydrogens is 268 g/mol. The zero-order valence-electron chi connectivity index (χ0n) is 13.3. The first-order chi connectivity index (χ1) is 10.1. The van der Waals surface area contributed by atoms with Gasteiger partial charge in [0.1, 0.15) is 0 Å². The quantitative estimate of drug-likeness (QED) is 0.700. The number of carbonyl (C=O) groups is 1. The second-order valence-electron chi connectivity index (χ2n) is 6.61. The summed E-state index contributed by atoms with van der Waals surface area (Å²) in [6.07, 6.45) is 7.13. The molecule has 5 heteroatoms. The molecule has 3 N–H and O–H groups in total. The van der Waals surface area contributed by atoms with E-state index in [1.165, 1.54) is 25.7 Å². The number of rotatable bonds is 7. The Hall–Kier alpha value is -0.650. The van der Waals surface area contributed by atoms with Gasteiger partial charge in [-0.05, 0) is 44.4 Å². The van der Waals surface area contributed by atoms with Crippen LogP contribution in [0.3, 0.4) is 0 Å².